The zero-order chi connectivity index (χ0) is 18.8. The molecule has 1 saturated heterocycles. The van der Waals surface area contributed by atoms with Crippen LogP contribution in [-0.2, 0) is 4.79 Å². The van der Waals surface area contributed by atoms with E-state index in [4.69, 9.17) is 11.6 Å². The quantitative estimate of drug-likeness (QED) is 0.640. The number of benzene rings is 2. The van der Waals surface area contributed by atoms with E-state index in [-0.39, 0.29) is 5.91 Å². The fourth-order valence-electron chi connectivity index (χ4n) is 2.42. The van der Waals surface area contributed by atoms with Crippen molar-refractivity contribution in [3.8, 4) is 0 Å². The second kappa shape index (κ2) is 7.86. The molecule has 7 heteroatoms. The number of hydrogen-bond acceptors (Lipinski definition) is 4. The van der Waals surface area contributed by atoms with Crippen LogP contribution in [0.25, 0.3) is 6.08 Å². The van der Waals surface area contributed by atoms with E-state index >= 15 is 0 Å². The monoisotopic (exact) mass is 449 g/mol. The molecule has 0 spiro atoms. The predicted molar refractivity (Wildman–Crippen MR) is 115 cm³/mol. The van der Waals surface area contributed by atoms with Gasteiger partial charge in [0, 0.05) is 23.6 Å². The van der Waals surface area contributed by atoms with Gasteiger partial charge in [-0.15, -0.1) is 0 Å². The highest BCUT2D eigenvalue weighted by atomic mass is 79.9. The van der Waals surface area contributed by atoms with Gasteiger partial charge in [0.15, 0.2) is 5.17 Å². The Bertz CT molecular complexity index is 940. The molecule has 0 atom stereocenters. The van der Waals surface area contributed by atoms with E-state index in [1.165, 1.54) is 11.8 Å². The van der Waals surface area contributed by atoms with Crippen LogP contribution in [0.2, 0.25) is 5.02 Å². The number of hydrogen-bond donors (Lipinski definition) is 1. The van der Waals surface area contributed by atoms with Gasteiger partial charge < -0.3 is 10.2 Å². The summed E-state index contributed by atoms with van der Waals surface area (Å²) in [6.45, 7) is 1.96. The van der Waals surface area contributed by atoms with Gasteiger partial charge in [-0.05, 0) is 76.1 Å². The maximum atomic E-state index is 12.3. The summed E-state index contributed by atoms with van der Waals surface area (Å²) in [5, 5.41) is 3.97. The largest absolute Gasteiger partial charge is 0.377 e. The fourth-order valence-corrected chi connectivity index (χ4v) is 4.17. The Morgan fingerprint density at radius 1 is 1.23 bits per heavy atom. The molecule has 1 heterocycles. The molecule has 1 fully saturated rings. The molecule has 4 nitrogen and oxygen atoms in total. The van der Waals surface area contributed by atoms with Crippen molar-refractivity contribution >= 4 is 67.8 Å². The summed E-state index contributed by atoms with van der Waals surface area (Å²) in [4.78, 5) is 19.4. The molecule has 0 aliphatic carbocycles. The molecular formula is C19H17BrClN3OS. The van der Waals surface area contributed by atoms with Crippen LogP contribution in [0.1, 0.15) is 11.1 Å². The molecule has 2 aromatic rings. The van der Waals surface area contributed by atoms with Crippen LogP contribution in [0.3, 0.4) is 0 Å². The van der Waals surface area contributed by atoms with E-state index in [0.29, 0.717) is 15.1 Å². The first kappa shape index (κ1) is 19.0. The lowest BCUT2D eigenvalue weighted by Crippen LogP contribution is -2.19. The van der Waals surface area contributed by atoms with Crippen LogP contribution in [-0.4, -0.2) is 25.2 Å². The zero-order valence-corrected chi connectivity index (χ0v) is 17.7. The van der Waals surface area contributed by atoms with E-state index in [1.807, 2.05) is 62.3 Å². The van der Waals surface area contributed by atoms with Crippen LogP contribution in [0.15, 0.2) is 50.8 Å². The standard InChI is InChI=1S/C19H17BrClN3OS/c1-11-4-6-13(21)10-15(11)22-19-23-18(25)17(26-19)9-12-5-7-16(24(2)3)14(20)8-12/h4-10H,1-3H3,(H,22,23,25)/b17-9-. The van der Waals surface area contributed by atoms with Crippen LogP contribution in [0, 0.1) is 6.92 Å². The summed E-state index contributed by atoms with van der Waals surface area (Å²) < 4.78 is 0.976. The summed E-state index contributed by atoms with van der Waals surface area (Å²) in [6, 6.07) is 11.5. The molecule has 1 aliphatic heterocycles. The maximum absolute atomic E-state index is 12.3. The van der Waals surface area contributed by atoms with E-state index in [9.17, 15) is 4.79 Å². The molecule has 0 aromatic heterocycles. The second-order valence-corrected chi connectivity index (χ2v) is 8.34. The topological polar surface area (TPSA) is 44.7 Å². The first-order chi connectivity index (χ1) is 12.3. The highest BCUT2D eigenvalue weighted by Crippen LogP contribution is 2.32. The Hall–Kier alpha value is -1.76. The number of thioether (sulfide) groups is 1. The highest BCUT2D eigenvalue weighted by Gasteiger charge is 2.24. The summed E-state index contributed by atoms with van der Waals surface area (Å²) in [7, 11) is 3.97. The normalized spacial score (nSPS) is 17.0. The van der Waals surface area contributed by atoms with Gasteiger partial charge in [-0.3, -0.25) is 4.79 Å². The third-order valence-electron chi connectivity index (χ3n) is 3.80. The van der Waals surface area contributed by atoms with Gasteiger partial charge in [0.25, 0.3) is 5.91 Å². The number of carbonyl (C=O) groups is 1. The van der Waals surface area contributed by atoms with Crippen molar-refractivity contribution in [1.82, 2.24) is 5.32 Å². The molecule has 134 valence electrons. The van der Waals surface area contributed by atoms with Gasteiger partial charge in [-0.25, -0.2) is 4.99 Å². The number of halogens is 2. The Balaban J connectivity index is 1.86. The van der Waals surface area contributed by atoms with Gasteiger partial charge in [0.1, 0.15) is 0 Å². The van der Waals surface area contributed by atoms with Crippen molar-refractivity contribution in [3.63, 3.8) is 0 Å². The van der Waals surface area contributed by atoms with Gasteiger partial charge in [0.05, 0.1) is 16.3 Å². The Labute approximate surface area is 170 Å². The summed E-state index contributed by atoms with van der Waals surface area (Å²) in [6.07, 6.45) is 1.86. The van der Waals surface area contributed by atoms with E-state index in [2.05, 4.69) is 26.2 Å². The van der Waals surface area contributed by atoms with Crippen LogP contribution in [0.4, 0.5) is 11.4 Å². The Morgan fingerprint density at radius 2 is 2.00 bits per heavy atom. The molecular weight excluding hydrogens is 434 g/mol. The number of amides is 1. The molecule has 0 bridgehead atoms. The number of rotatable bonds is 3. The highest BCUT2D eigenvalue weighted by molar-refractivity contribution is 9.10. The average molecular weight is 451 g/mol. The van der Waals surface area contributed by atoms with Crippen LogP contribution in [0.5, 0.6) is 0 Å². The summed E-state index contributed by atoms with van der Waals surface area (Å²) in [5.41, 5.74) is 3.77. The van der Waals surface area contributed by atoms with Gasteiger partial charge in [0.2, 0.25) is 0 Å². The van der Waals surface area contributed by atoms with Gasteiger partial charge >= 0.3 is 0 Å². The summed E-state index contributed by atoms with van der Waals surface area (Å²) in [5.74, 6) is -0.152. The van der Waals surface area contributed by atoms with E-state index in [0.717, 1.165) is 27.0 Å². The minimum absolute atomic E-state index is 0.152. The molecule has 1 aliphatic rings. The van der Waals surface area contributed by atoms with Crippen molar-refractivity contribution < 1.29 is 4.79 Å². The molecule has 1 amide bonds. The predicted octanol–water partition coefficient (Wildman–Crippen LogP) is 5.37. The Morgan fingerprint density at radius 3 is 2.69 bits per heavy atom. The first-order valence-electron chi connectivity index (χ1n) is 7.86. The van der Waals surface area contributed by atoms with Crippen LogP contribution >= 0.6 is 39.3 Å². The van der Waals surface area contributed by atoms with Crippen molar-refractivity contribution in [2.24, 2.45) is 4.99 Å². The summed E-state index contributed by atoms with van der Waals surface area (Å²) >= 11 is 10.9. The number of aliphatic imine (C=N–C) groups is 1. The Kier molecular flexibility index (Phi) is 5.75. The zero-order valence-electron chi connectivity index (χ0n) is 14.5. The molecule has 0 unspecified atom stereocenters. The molecule has 0 saturated carbocycles. The number of aryl methyl sites for hydroxylation is 1. The van der Waals surface area contributed by atoms with Crippen molar-refractivity contribution in [3.05, 3.63) is 61.9 Å². The van der Waals surface area contributed by atoms with Crippen molar-refractivity contribution in [2.75, 3.05) is 19.0 Å². The molecule has 1 N–H and O–H groups in total. The number of anilines is 1. The number of amidine groups is 1. The smallest absolute Gasteiger partial charge is 0.264 e. The number of nitrogens with one attached hydrogen (secondary N) is 1. The second-order valence-electron chi connectivity index (χ2n) is 6.02. The molecule has 0 radical (unpaired) electrons. The molecule has 26 heavy (non-hydrogen) atoms. The lowest BCUT2D eigenvalue weighted by molar-refractivity contribution is -0.115. The van der Waals surface area contributed by atoms with Crippen molar-refractivity contribution in [2.45, 2.75) is 6.92 Å². The molecule has 3 rings (SSSR count). The van der Waals surface area contributed by atoms with Gasteiger partial charge in [-0.2, -0.15) is 0 Å². The average Bonchev–Trinajstić information content (AvgIpc) is 2.90. The minimum atomic E-state index is -0.152. The third-order valence-corrected chi connectivity index (χ3v) is 5.58. The first-order valence-corrected chi connectivity index (χ1v) is 9.85. The maximum Gasteiger partial charge on any atom is 0.264 e. The third kappa shape index (κ3) is 4.31. The van der Waals surface area contributed by atoms with Gasteiger partial charge in [-0.1, -0.05) is 23.7 Å². The number of nitrogens with zero attached hydrogens (tertiary/aromatic N) is 2. The molecule has 2 aromatic carbocycles. The lowest BCUT2D eigenvalue weighted by Gasteiger charge is -2.14. The van der Waals surface area contributed by atoms with Crippen molar-refractivity contribution in [1.29, 1.82) is 0 Å². The number of carbonyl (C=O) groups excluding carboxylic acids is 1. The minimum Gasteiger partial charge on any atom is -0.377 e. The van der Waals surface area contributed by atoms with E-state index < -0.39 is 0 Å². The SMILES string of the molecule is Cc1ccc(Cl)cc1N=C1NC(=O)/C(=C/c2ccc(N(C)C)c(Br)c2)S1. The fraction of sp³-hybridized carbons (Fsp3) is 0.158. The lowest BCUT2D eigenvalue weighted by atomic mass is 10.2. The van der Waals surface area contributed by atoms with Crippen LogP contribution < -0.4 is 10.2 Å². The van der Waals surface area contributed by atoms with E-state index in [1.54, 1.807) is 6.07 Å².